The maximum Gasteiger partial charge on any atom is 0.151 e. The molecule has 9 nitrogen and oxygen atoms in total. The summed E-state index contributed by atoms with van der Waals surface area (Å²) in [6.45, 7) is -0.451. The largest absolute Gasteiger partial charge is 0.490 e. The van der Waals surface area contributed by atoms with Crippen molar-refractivity contribution in [2.45, 2.75) is 24.4 Å². The highest BCUT2D eigenvalue weighted by atomic mass is 32.2. The number of rotatable bonds is 8. The van der Waals surface area contributed by atoms with E-state index in [9.17, 15) is 13.9 Å². The van der Waals surface area contributed by atoms with Crippen LogP contribution in [0.1, 0.15) is 0 Å². The minimum Gasteiger partial charge on any atom is -0.490 e. The average Bonchev–Trinajstić information content (AvgIpc) is 3.41. The molecule has 2 saturated heterocycles. The third-order valence-electron chi connectivity index (χ3n) is 5.77. The van der Waals surface area contributed by atoms with Crippen molar-refractivity contribution >= 4 is 38.8 Å². The van der Waals surface area contributed by atoms with Crippen LogP contribution >= 0.6 is 0 Å². The number of benzene rings is 2. The maximum absolute atomic E-state index is 14.2. The second-order valence-corrected chi connectivity index (χ2v) is 10.3. The summed E-state index contributed by atoms with van der Waals surface area (Å²) < 4.78 is 54.7. The van der Waals surface area contributed by atoms with Gasteiger partial charge in [-0.25, -0.2) is 23.1 Å². The number of alkyl halides is 1. The molecule has 12 heteroatoms. The Kier molecular flexibility index (Phi) is 7.28. The van der Waals surface area contributed by atoms with E-state index in [1.807, 2.05) is 12.5 Å². The fourth-order valence-electron chi connectivity index (χ4n) is 4.29. The van der Waals surface area contributed by atoms with Gasteiger partial charge in [-0.1, -0.05) is 0 Å². The number of fused-ring (bicyclic) bond motifs is 2. The van der Waals surface area contributed by atoms with Crippen LogP contribution in [-0.2, 0) is 20.2 Å². The zero-order chi connectivity index (χ0) is 25.2. The van der Waals surface area contributed by atoms with Gasteiger partial charge in [-0.2, -0.15) is 0 Å². The fourth-order valence-corrected chi connectivity index (χ4v) is 4.82. The first-order chi connectivity index (χ1) is 17.4. The van der Waals surface area contributed by atoms with Gasteiger partial charge in [-0.05, 0) is 30.7 Å². The van der Waals surface area contributed by atoms with Gasteiger partial charge in [-0.3, -0.25) is 0 Å². The normalized spacial score (nSPS) is 23.2. The molecule has 3 unspecified atom stereocenters. The van der Waals surface area contributed by atoms with Gasteiger partial charge in [-0.15, -0.1) is 10.7 Å². The number of anilines is 2. The summed E-state index contributed by atoms with van der Waals surface area (Å²) in [5.74, 6) is 0.484. The van der Waals surface area contributed by atoms with Crippen LogP contribution in [0, 0.1) is 5.82 Å². The molecule has 1 aromatic heterocycles. The molecule has 4 atom stereocenters. The number of hydrogen-bond donors (Lipinski definition) is 2. The molecule has 0 spiro atoms. The van der Waals surface area contributed by atoms with Gasteiger partial charge >= 0.3 is 0 Å². The number of aliphatic hydroxyl groups excluding tert-OH is 1. The number of halogens is 2. The Hall–Kier alpha value is -2.93. The van der Waals surface area contributed by atoms with Gasteiger partial charge < -0.3 is 29.4 Å². The monoisotopic (exact) mass is 520 g/mol. The quantitative estimate of drug-likeness (QED) is 0.465. The van der Waals surface area contributed by atoms with Gasteiger partial charge in [0.15, 0.2) is 6.10 Å². The highest BCUT2D eigenvalue weighted by Crippen LogP contribution is 2.39. The maximum atomic E-state index is 14.2. The van der Waals surface area contributed by atoms with Crippen molar-refractivity contribution < 1.29 is 32.8 Å². The molecule has 2 aliphatic heterocycles. The Balaban J connectivity index is 1.50. The third kappa shape index (κ3) is 5.12. The number of ether oxygens (including phenoxy) is 4. The Morgan fingerprint density at radius 2 is 1.97 bits per heavy atom. The molecule has 3 heterocycles. The molecule has 192 valence electrons. The van der Waals surface area contributed by atoms with Crippen molar-refractivity contribution in [1.29, 1.82) is 0 Å². The van der Waals surface area contributed by atoms with Gasteiger partial charge in [0.2, 0.25) is 0 Å². The van der Waals surface area contributed by atoms with Gasteiger partial charge in [0, 0.05) is 12.1 Å². The minimum atomic E-state index is -0.725. The lowest BCUT2D eigenvalue weighted by Crippen LogP contribution is -2.34. The van der Waals surface area contributed by atoms with Crippen molar-refractivity contribution in [3.63, 3.8) is 0 Å². The second kappa shape index (κ2) is 10.6. The molecule has 36 heavy (non-hydrogen) atoms. The van der Waals surface area contributed by atoms with Gasteiger partial charge in [0.1, 0.15) is 61.1 Å². The Morgan fingerprint density at radius 1 is 1.14 bits per heavy atom. The highest BCUT2D eigenvalue weighted by Gasteiger charge is 2.48. The molecule has 0 amide bonds. The van der Waals surface area contributed by atoms with E-state index in [0.717, 1.165) is 0 Å². The molecule has 2 N–H and O–H groups in total. The predicted octanol–water partition coefficient (Wildman–Crippen LogP) is 3.46. The first kappa shape index (κ1) is 24.8. The molecule has 2 aromatic carbocycles. The zero-order valence-electron chi connectivity index (χ0n) is 19.7. The van der Waals surface area contributed by atoms with E-state index >= 15 is 0 Å². The standard InChI is InChI=1S/C24H26F2N4O5S/c1-36(2)30-14-8-16-21(19(9-14)32-6-5-25)24(28-12-27-16)29-15-4-3-13(26)7-18(15)35-20-11-34-22-17(31)10-33-23(20)22/h3-4,7-9,12,17,20,22-23,31H,5-6,10-11H2,1-2H3,(H,27,28,29)/t17?,20-,22?,23?/m1/s1. The number of nitrogens with zero attached hydrogens (tertiary/aromatic N) is 3. The van der Waals surface area contributed by atoms with Crippen molar-refractivity contribution in [1.82, 2.24) is 9.97 Å². The van der Waals surface area contributed by atoms with Crippen LogP contribution in [-0.4, -0.2) is 78.5 Å². The first-order valence-electron chi connectivity index (χ1n) is 11.3. The van der Waals surface area contributed by atoms with Crippen molar-refractivity contribution in [2.75, 3.05) is 44.3 Å². The third-order valence-corrected chi connectivity index (χ3v) is 6.34. The summed E-state index contributed by atoms with van der Waals surface area (Å²) in [5.41, 5.74) is 1.65. The Morgan fingerprint density at radius 3 is 2.78 bits per heavy atom. The van der Waals surface area contributed by atoms with Crippen LogP contribution in [0.3, 0.4) is 0 Å². The molecule has 0 saturated carbocycles. The number of aromatic nitrogens is 2. The lowest BCUT2D eigenvalue weighted by Gasteiger charge is -2.21. The van der Waals surface area contributed by atoms with Gasteiger partial charge in [0.25, 0.3) is 0 Å². The van der Waals surface area contributed by atoms with E-state index in [4.69, 9.17) is 18.9 Å². The number of aliphatic hydroxyl groups is 1. The topological polar surface area (TPSA) is 107 Å². The molecule has 0 bridgehead atoms. The average molecular weight is 521 g/mol. The van der Waals surface area contributed by atoms with Gasteiger partial charge in [0.05, 0.1) is 35.5 Å². The molecule has 2 aliphatic rings. The van der Waals surface area contributed by atoms with Crippen LogP contribution < -0.4 is 14.8 Å². The molecule has 0 aliphatic carbocycles. The molecule has 2 fully saturated rings. The van der Waals surface area contributed by atoms with Crippen LogP contribution in [0.15, 0.2) is 41.0 Å². The summed E-state index contributed by atoms with van der Waals surface area (Å²) in [4.78, 5) is 8.72. The van der Waals surface area contributed by atoms with Crippen LogP contribution in [0.4, 0.5) is 26.0 Å². The lowest BCUT2D eigenvalue weighted by molar-refractivity contribution is 0.00871. The zero-order valence-corrected chi connectivity index (χ0v) is 20.5. The second-order valence-electron chi connectivity index (χ2n) is 8.55. The summed E-state index contributed by atoms with van der Waals surface area (Å²) in [6.07, 6.45) is 3.15. The fraction of sp³-hybridized carbons (Fsp3) is 0.417. The smallest absolute Gasteiger partial charge is 0.151 e. The summed E-state index contributed by atoms with van der Waals surface area (Å²) in [5, 5.41) is 13.7. The predicted molar refractivity (Wildman–Crippen MR) is 132 cm³/mol. The molecular weight excluding hydrogens is 494 g/mol. The van der Waals surface area contributed by atoms with E-state index < -0.39 is 36.9 Å². The van der Waals surface area contributed by atoms with E-state index in [2.05, 4.69) is 19.6 Å². The molecule has 0 radical (unpaired) electrons. The molecular formula is C24H26F2N4O5S. The van der Waals surface area contributed by atoms with Crippen LogP contribution in [0.25, 0.3) is 10.9 Å². The Labute approximate surface area is 208 Å². The van der Waals surface area contributed by atoms with E-state index in [-0.39, 0.29) is 36.3 Å². The SMILES string of the molecule is CS(C)=Nc1cc(OCCF)c2c(Nc3ccc(F)cc3O[C@@H]3COC4C(O)COC43)ncnc2c1. The number of nitrogens with one attached hydrogen (secondary N) is 1. The highest BCUT2D eigenvalue weighted by molar-refractivity contribution is 7.85. The number of hydrogen-bond acceptors (Lipinski definition) is 9. The van der Waals surface area contributed by atoms with Crippen molar-refractivity contribution in [2.24, 2.45) is 4.36 Å². The minimum absolute atomic E-state index is 0.141. The van der Waals surface area contributed by atoms with E-state index in [1.54, 1.807) is 12.1 Å². The van der Waals surface area contributed by atoms with Crippen LogP contribution in [0.2, 0.25) is 0 Å². The summed E-state index contributed by atoms with van der Waals surface area (Å²) in [7, 11) is -0.224. The van der Waals surface area contributed by atoms with Crippen molar-refractivity contribution in [3.05, 3.63) is 42.5 Å². The molecule has 3 aromatic rings. The Bertz CT molecular complexity index is 1290. The van der Waals surface area contributed by atoms with E-state index in [0.29, 0.717) is 33.8 Å². The summed E-state index contributed by atoms with van der Waals surface area (Å²) in [6, 6.07) is 7.61. The molecule has 5 rings (SSSR count). The lowest BCUT2D eigenvalue weighted by atomic mass is 10.1. The van der Waals surface area contributed by atoms with E-state index in [1.165, 1.54) is 24.5 Å². The van der Waals surface area contributed by atoms with Crippen molar-refractivity contribution in [3.8, 4) is 11.5 Å². The summed E-state index contributed by atoms with van der Waals surface area (Å²) >= 11 is 0. The van der Waals surface area contributed by atoms with Crippen LogP contribution in [0.5, 0.6) is 11.5 Å². The first-order valence-corrected chi connectivity index (χ1v) is 13.3.